The van der Waals surface area contributed by atoms with Crippen LogP contribution in [0.2, 0.25) is 0 Å². The maximum Gasteiger partial charge on any atom is 0.130 e. The maximum absolute atomic E-state index is 10.9. The Hall–Kier alpha value is -2.76. The number of aliphatic hydroxyl groups is 1. The molecule has 1 aliphatic rings. The number of benzene rings is 1. The van der Waals surface area contributed by atoms with Gasteiger partial charge in [0.15, 0.2) is 0 Å². The Bertz CT molecular complexity index is 861. The SMILES string of the molecule is OC1(c2cccnc2)CCN(Cc2ccc(OCc3ccccn3)cc2)CC1. The van der Waals surface area contributed by atoms with Crippen molar-refractivity contribution in [3.63, 3.8) is 0 Å². The Kier molecular flexibility index (Phi) is 5.65. The molecule has 4 rings (SSSR count). The van der Waals surface area contributed by atoms with E-state index in [1.165, 1.54) is 5.56 Å². The summed E-state index contributed by atoms with van der Waals surface area (Å²) >= 11 is 0. The van der Waals surface area contributed by atoms with Crippen LogP contribution >= 0.6 is 0 Å². The number of hydrogen-bond acceptors (Lipinski definition) is 5. The fraction of sp³-hybridized carbons (Fsp3) is 0.304. The molecule has 3 aromatic rings. The van der Waals surface area contributed by atoms with E-state index < -0.39 is 5.60 Å². The van der Waals surface area contributed by atoms with E-state index in [2.05, 4.69) is 27.0 Å². The lowest BCUT2D eigenvalue weighted by Gasteiger charge is -2.38. The van der Waals surface area contributed by atoms with E-state index >= 15 is 0 Å². The summed E-state index contributed by atoms with van der Waals surface area (Å²) in [6, 6.07) is 17.9. The zero-order valence-electron chi connectivity index (χ0n) is 15.9. The molecule has 5 nitrogen and oxygen atoms in total. The Morgan fingerprint density at radius 1 is 0.964 bits per heavy atom. The first-order valence-electron chi connectivity index (χ1n) is 9.68. The summed E-state index contributed by atoms with van der Waals surface area (Å²) in [4.78, 5) is 10.8. The highest BCUT2D eigenvalue weighted by molar-refractivity contribution is 5.27. The van der Waals surface area contributed by atoms with Gasteiger partial charge in [-0.2, -0.15) is 0 Å². The topological polar surface area (TPSA) is 58.5 Å². The van der Waals surface area contributed by atoms with Crippen molar-refractivity contribution in [2.24, 2.45) is 0 Å². The van der Waals surface area contributed by atoms with Crippen LogP contribution in [0.25, 0.3) is 0 Å². The van der Waals surface area contributed by atoms with Crippen LogP contribution in [0.3, 0.4) is 0 Å². The van der Waals surface area contributed by atoms with Gasteiger partial charge in [0.25, 0.3) is 0 Å². The molecule has 1 N–H and O–H groups in total. The number of aromatic nitrogens is 2. The van der Waals surface area contributed by atoms with E-state index in [1.807, 2.05) is 42.5 Å². The molecule has 2 aromatic heterocycles. The minimum atomic E-state index is -0.756. The fourth-order valence-electron chi connectivity index (χ4n) is 3.60. The molecule has 28 heavy (non-hydrogen) atoms. The normalized spacial score (nSPS) is 16.6. The summed E-state index contributed by atoms with van der Waals surface area (Å²) in [6.45, 7) is 3.08. The average molecular weight is 375 g/mol. The fourth-order valence-corrected chi connectivity index (χ4v) is 3.60. The third-order valence-electron chi connectivity index (χ3n) is 5.32. The Labute approximate surface area is 165 Å². The van der Waals surface area contributed by atoms with Crippen molar-refractivity contribution in [1.82, 2.24) is 14.9 Å². The van der Waals surface area contributed by atoms with Crippen molar-refractivity contribution in [3.05, 3.63) is 90.0 Å². The highest BCUT2D eigenvalue weighted by Gasteiger charge is 2.33. The number of nitrogens with zero attached hydrogens (tertiary/aromatic N) is 3. The molecule has 3 heterocycles. The van der Waals surface area contributed by atoms with Gasteiger partial charge in [0.2, 0.25) is 0 Å². The lowest BCUT2D eigenvalue weighted by Crippen LogP contribution is -2.42. The van der Waals surface area contributed by atoms with Crippen LogP contribution in [0.5, 0.6) is 5.75 Å². The second kappa shape index (κ2) is 8.50. The van der Waals surface area contributed by atoms with Crippen LogP contribution in [0.15, 0.2) is 73.2 Å². The van der Waals surface area contributed by atoms with Gasteiger partial charge in [-0.3, -0.25) is 14.9 Å². The average Bonchev–Trinajstić information content (AvgIpc) is 2.76. The van der Waals surface area contributed by atoms with Crippen molar-refractivity contribution in [1.29, 1.82) is 0 Å². The van der Waals surface area contributed by atoms with Gasteiger partial charge in [-0.15, -0.1) is 0 Å². The number of likely N-dealkylation sites (tertiary alicyclic amines) is 1. The molecule has 1 aromatic carbocycles. The number of rotatable bonds is 6. The van der Waals surface area contributed by atoms with Gasteiger partial charge >= 0.3 is 0 Å². The molecular weight excluding hydrogens is 350 g/mol. The summed E-state index contributed by atoms with van der Waals surface area (Å²) in [5.41, 5.74) is 2.33. The molecule has 0 bridgehead atoms. The van der Waals surface area contributed by atoms with Gasteiger partial charge in [0.05, 0.1) is 11.3 Å². The van der Waals surface area contributed by atoms with E-state index in [9.17, 15) is 5.11 Å². The number of piperidine rings is 1. The molecule has 0 aliphatic carbocycles. The first kappa shape index (κ1) is 18.6. The standard InChI is InChI=1S/C23H25N3O2/c27-23(20-4-3-12-24-16-20)10-14-26(15-11-23)17-19-6-8-22(9-7-19)28-18-21-5-1-2-13-25-21/h1-9,12-13,16,27H,10-11,14-15,17-18H2. The van der Waals surface area contributed by atoms with Crippen LogP contribution in [0, 0.1) is 0 Å². The predicted molar refractivity (Wildman–Crippen MR) is 108 cm³/mol. The van der Waals surface area contributed by atoms with Gasteiger partial charge in [-0.05, 0) is 48.7 Å². The lowest BCUT2D eigenvalue weighted by molar-refractivity contribution is -0.0279. The molecule has 144 valence electrons. The zero-order chi connectivity index (χ0) is 19.2. The maximum atomic E-state index is 10.9. The molecule has 0 atom stereocenters. The second-order valence-corrected chi connectivity index (χ2v) is 7.30. The summed E-state index contributed by atoms with van der Waals surface area (Å²) < 4.78 is 5.80. The Balaban J connectivity index is 1.28. The van der Waals surface area contributed by atoms with Crippen molar-refractivity contribution in [2.45, 2.75) is 31.6 Å². The highest BCUT2D eigenvalue weighted by atomic mass is 16.5. The summed E-state index contributed by atoms with van der Waals surface area (Å²) in [7, 11) is 0. The molecule has 0 radical (unpaired) electrons. The lowest BCUT2D eigenvalue weighted by atomic mass is 9.85. The highest BCUT2D eigenvalue weighted by Crippen LogP contribution is 2.32. The quantitative estimate of drug-likeness (QED) is 0.714. The van der Waals surface area contributed by atoms with Gasteiger partial charge in [0, 0.05) is 43.8 Å². The van der Waals surface area contributed by atoms with E-state index in [1.54, 1.807) is 18.6 Å². The van der Waals surface area contributed by atoms with Crippen LogP contribution in [-0.4, -0.2) is 33.1 Å². The number of ether oxygens (including phenoxy) is 1. The Morgan fingerprint density at radius 3 is 2.46 bits per heavy atom. The summed E-state index contributed by atoms with van der Waals surface area (Å²) in [5, 5.41) is 10.9. The molecule has 1 saturated heterocycles. The minimum absolute atomic E-state index is 0.471. The van der Waals surface area contributed by atoms with Gasteiger partial charge in [0.1, 0.15) is 12.4 Å². The monoisotopic (exact) mass is 375 g/mol. The first-order chi connectivity index (χ1) is 13.7. The molecule has 5 heteroatoms. The molecule has 1 fully saturated rings. The molecule has 1 aliphatic heterocycles. The molecular formula is C23H25N3O2. The van der Waals surface area contributed by atoms with Crippen LogP contribution in [0.4, 0.5) is 0 Å². The van der Waals surface area contributed by atoms with E-state index in [0.29, 0.717) is 6.61 Å². The second-order valence-electron chi connectivity index (χ2n) is 7.30. The van der Waals surface area contributed by atoms with E-state index in [4.69, 9.17) is 4.74 Å². The van der Waals surface area contributed by atoms with Crippen molar-refractivity contribution >= 4 is 0 Å². The van der Waals surface area contributed by atoms with Gasteiger partial charge in [-0.1, -0.05) is 24.3 Å². The first-order valence-corrected chi connectivity index (χ1v) is 9.68. The third-order valence-corrected chi connectivity index (χ3v) is 5.32. The number of pyridine rings is 2. The van der Waals surface area contributed by atoms with Crippen molar-refractivity contribution < 1.29 is 9.84 Å². The van der Waals surface area contributed by atoms with E-state index in [0.717, 1.165) is 49.5 Å². The molecule has 0 spiro atoms. The minimum Gasteiger partial charge on any atom is -0.487 e. The van der Waals surface area contributed by atoms with Gasteiger partial charge < -0.3 is 9.84 Å². The van der Waals surface area contributed by atoms with Gasteiger partial charge in [-0.25, -0.2) is 0 Å². The van der Waals surface area contributed by atoms with Crippen molar-refractivity contribution in [2.75, 3.05) is 13.1 Å². The predicted octanol–water partition coefficient (Wildman–Crippen LogP) is 3.54. The zero-order valence-corrected chi connectivity index (χ0v) is 15.9. The van der Waals surface area contributed by atoms with Crippen LogP contribution in [0.1, 0.15) is 29.7 Å². The van der Waals surface area contributed by atoms with Crippen LogP contribution in [-0.2, 0) is 18.8 Å². The molecule has 0 amide bonds. The molecule has 0 saturated carbocycles. The van der Waals surface area contributed by atoms with Crippen LogP contribution < -0.4 is 4.74 Å². The Morgan fingerprint density at radius 2 is 1.79 bits per heavy atom. The van der Waals surface area contributed by atoms with Crippen molar-refractivity contribution in [3.8, 4) is 5.75 Å². The smallest absolute Gasteiger partial charge is 0.130 e. The third kappa shape index (κ3) is 4.55. The summed E-state index contributed by atoms with van der Waals surface area (Å²) in [5.74, 6) is 0.846. The largest absolute Gasteiger partial charge is 0.487 e. The summed E-state index contributed by atoms with van der Waals surface area (Å²) in [6.07, 6.45) is 6.74. The molecule has 0 unspecified atom stereocenters. The van der Waals surface area contributed by atoms with E-state index in [-0.39, 0.29) is 0 Å². The number of hydrogen-bond donors (Lipinski definition) is 1.